The molecule has 1 atom stereocenters. The summed E-state index contributed by atoms with van der Waals surface area (Å²) in [7, 11) is 0. The summed E-state index contributed by atoms with van der Waals surface area (Å²) in [4.78, 5) is 11.2. The predicted octanol–water partition coefficient (Wildman–Crippen LogP) is 1.85. The maximum atomic E-state index is 11.2. The van der Waals surface area contributed by atoms with E-state index in [1.165, 1.54) is 6.92 Å². The standard InChI is InChI=1S/C14H22N2O2/c1-11(18)14(15)12-6-5-7-13(10-12)16-8-3-2-4-9-17/h5-7,10,14,16-17H,2-4,8-9,15H2,1H3. The summed E-state index contributed by atoms with van der Waals surface area (Å²) in [6.45, 7) is 2.61. The lowest BCUT2D eigenvalue weighted by Gasteiger charge is -2.11. The van der Waals surface area contributed by atoms with Crippen LogP contribution in [0.4, 0.5) is 5.69 Å². The van der Waals surface area contributed by atoms with E-state index in [0.29, 0.717) is 0 Å². The highest BCUT2D eigenvalue weighted by Gasteiger charge is 2.10. The number of ketones is 1. The Bertz CT molecular complexity index is 380. The highest BCUT2D eigenvalue weighted by Crippen LogP contribution is 2.16. The van der Waals surface area contributed by atoms with Gasteiger partial charge >= 0.3 is 0 Å². The number of aliphatic hydroxyl groups is 1. The fourth-order valence-electron chi connectivity index (χ4n) is 1.72. The Morgan fingerprint density at radius 2 is 2.17 bits per heavy atom. The summed E-state index contributed by atoms with van der Waals surface area (Å²) in [6, 6.07) is 7.10. The summed E-state index contributed by atoms with van der Waals surface area (Å²) in [5, 5.41) is 12.0. The van der Waals surface area contributed by atoms with Gasteiger partial charge in [-0.1, -0.05) is 12.1 Å². The van der Waals surface area contributed by atoms with E-state index in [4.69, 9.17) is 10.8 Å². The number of hydrogen-bond donors (Lipinski definition) is 3. The van der Waals surface area contributed by atoms with E-state index in [2.05, 4.69) is 5.32 Å². The average molecular weight is 250 g/mol. The molecule has 1 aromatic rings. The second kappa shape index (κ2) is 7.84. The number of aliphatic hydroxyl groups excluding tert-OH is 1. The van der Waals surface area contributed by atoms with Crippen molar-refractivity contribution in [1.29, 1.82) is 0 Å². The van der Waals surface area contributed by atoms with Crippen molar-refractivity contribution in [3.63, 3.8) is 0 Å². The highest BCUT2D eigenvalue weighted by atomic mass is 16.2. The second-order valence-corrected chi connectivity index (χ2v) is 4.42. The van der Waals surface area contributed by atoms with E-state index in [1.807, 2.05) is 24.3 Å². The third kappa shape index (κ3) is 4.85. The molecule has 0 amide bonds. The van der Waals surface area contributed by atoms with Crippen LogP contribution in [0.15, 0.2) is 24.3 Å². The number of hydrogen-bond acceptors (Lipinski definition) is 4. The number of anilines is 1. The maximum absolute atomic E-state index is 11.2. The fraction of sp³-hybridized carbons (Fsp3) is 0.500. The lowest BCUT2D eigenvalue weighted by Crippen LogP contribution is -2.18. The average Bonchev–Trinajstić information content (AvgIpc) is 2.38. The Morgan fingerprint density at radius 3 is 2.83 bits per heavy atom. The van der Waals surface area contributed by atoms with Crippen LogP contribution in [0.3, 0.4) is 0 Å². The van der Waals surface area contributed by atoms with Gasteiger partial charge in [0, 0.05) is 18.8 Å². The number of carbonyl (C=O) groups is 1. The molecule has 100 valence electrons. The molecule has 4 heteroatoms. The minimum absolute atomic E-state index is 0.0323. The van der Waals surface area contributed by atoms with E-state index in [1.54, 1.807) is 0 Å². The minimum atomic E-state index is -0.541. The van der Waals surface area contributed by atoms with Crippen LogP contribution in [0, 0.1) is 0 Å². The Balaban J connectivity index is 2.47. The van der Waals surface area contributed by atoms with Gasteiger partial charge in [-0.3, -0.25) is 4.79 Å². The second-order valence-electron chi connectivity index (χ2n) is 4.42. The normalized spacial score (nSPS) is 12.2. The molecule has 4 N–H and O–H groups in total. The molecule has 0 saturated heterocycles. The van der Waals surface area contributed by atoms with Crippen LogP contribution in [-0.2, 0) is 4.79 Å². The zero-order valence-electron chi connectivity index (χ0n) is 10.9. The quantitative estimate of drug-likeness (QED) is 0.615. The number of benzene rings is 1. The highest BCUT2D eigenvalue weighted by molar-refractivity contribution is 5.82. The molecule has 0 bridgehead atoms. The van der Waals surface area contributed by atoms with Crippen molar-refractivity contribution in [3.05, 3.63) is 29.8 Å². The van der Waals surface area contributed by atoms with Gasteiger partial charge in [0.2, 0.25) is 0 Å². The van der Waals surface area contributed by atoms with Gasteiger partial charge in [0.05, 0.1) is 6.04 Å². The van der Waals surface area contributed by atoms with Gasteiger partial charge in [-0.2, -0.15) is 0 Å². The van der Waals surface area contributed by atoms with Gasteiger partial charge in [-0.05, 0) is 43.9 Å². The number of carbonyl (C=O) groups excluding carboxylic acids is 1. The number of nitrogens with one attached hydrogen (secondary N) is 1. The molecule has 0 radical (unpaired) electrons. The maximum Gasteiger partial charge on any atom is 0.150 e. The first kappa shape index (κ1) is 14.7. The molecule has 0 fully saturated rings. The lowest BCUT2D eigenvalue weighted by molar-refractivity contribution is -0.118. The van der Waals surface area contributed by atoms with E-state index in [-0.39, 0.29) is 12.4 Å². The van der Waals surface area contributed by atoms with Crippen molar-refractivity contribution in [2.24, 2.45) is 5.73 Å². The molecule has 0 aliphatic rings. The van der Waals surface area contributed by atoms with Crippen molar-refractivity contribution in [2.75, 3.05) is 18.5 Å². The van der Waals surface area contributed by atoms with E-state index in [9.17, 15) is 4.79 Å². The Labute approximate surface area is 108 Å². The number of unbranched alkanes of at least 4 members (excludes halogenated alkanes) is 2. The third-order valence-corrected chi connectivity index (χ3v) is 2.85. The lowest BCUT2D eigenvalue weighted by atomic mass is 10.0. The Morgan fingerprint density at radius 1 is 1.39 bits per heavy atom. The topological polar surface area (TPSA) is 75.4 Å². The molecule has 18 heavy (non-hydrogen) atoms. The fourth-order valence-corrected chi connectivity index (χ4v) is 1.72. The monoisotopic (exact) mass is 250 g/mol. The van der Waals surface area contributed by atoms with Gasteiger partial charge in [-0.25, -0.2) is 0 Å². The molecule has 1 unspecified atom stereocenters. The first-order valence-electron chi connectivity index (χ1n) is 6.36. The predicted molar refractivity (Wildman–Crippen MR) is 73.5 cm³/mol. The van der Waals surface area contributed by atoms with Crippen molar-refractivity contribution in [3.8, 4) is 0 Å². The largest absolute Gasteiger partial charge is 0.396 e. The van der Waals surface area contributed by atoms with Gasteiger partial charge in [0.1, 0.15) is 0 Å². The first-order valence-corrected chi connectivity index (χ1v) is 6.36. The van der Waals surface area contributed by atoms with Crippen LogP contribution in [0.2, 0.25) is 0 Å². The Kier molecular flexibility index (Phi) is 6.39. The van der Waals surface area contributed by atoms with Crippen LogP contribution in [0.5, 0.6) is 0 Å². The Hall–Kier alpha value is -1.39. The SMILES string of the molecule is CC(=O)C(N)c1cccc(NCCCCCO)c1. The third-order valence-electron chi connectivity index (χ3n) is 2.85. The van der Waals surface area contributed by atoms with E-state index >= 15 is 0 Å². The van der Waals surface area contributed by atoms with Gasteiger partial charge in [0.15, 0.2) is 5.78 Å². The van der Waals surface area contributed by atoms with Crippen molar-refractivity contribution in [1.82, 2.24) is 0 Å². The smallest absolute Gasteiger partial charge is 0.150 e. The summed E-state index contributed by atoms with van der Waals surface area (Å²) in [6.07, 6.45) is 2.87. The molecule has 0 heterocycles. The van der Waals surface area contributed by atoms with Crippen LogP contribution >= 0.6 is 0 Å². The van der Waals surface area contributed by atoms with Crippen LogP contribution in [-0.4, -0.2) is 24.0 Å². The molecular weight excluding hydrogens is 228 g/mol. The summed E-state index contributed by atoms with van der Waals surface area (Å²) in [5.74, 6) is -0.0323. The van der Waals surface area contributed by atoms with Crippen LogP contribution < -0.4 is 11.1 Å². The number of nitrogens with two attached hydrogens (primary N) is 1. The molecule has 0 aromatic heterocycles. The van der Waals surface area contributed by atoms with Crippen LogP contribution in [0.1, 0.15) is 37.8 Å². The van der Waals surface area contributed by atoms with Gasteiger partial charge in [0.25, 0.3) is 0 Å². The van der Waals surface area contributed by atoms with E-state index < -0.39 is 6.04 Å². The molecule has 0 saturated carbocycles. The van der Waals surface area contributed by atoms with E-state index in [0.717, 1.165) is 37.1 Å². The van der Waals surface area contributed by atoms with Gasteiger partial charge in [-0.15, -0.1) is 0 Å². The molecule has 0 spiro atoms. The molecular formula is C14H22N2O2. The van der Waals surface area contributed by atoms with Crippen LogP contribution in [0.25, 0.3) is 0 Å². The first-order chi connectivity index (χ1) is 8.65. The molecule has 1 rings (SSSR count). The zero-order valence-corrected chi connectivity index (χ0v) is 10.9. The van der Waals surface area contributed by atoms with Crippen molar-refractivity contribution < 1.29 is 9.90 Å². The summed E-state index contributed by atoms with van der Waals surface area (Å²) < 4.78 is 0. The van der Waals surface area contributed by atoms with Gasteiger partial charge < -0.3 is 16.2 Å². The summed E-state index contributed by atoms with van der Waals surface area (Å²) >= 11 is 0. The minimum Gasteiger partial charge on any atom is -0.396 e. The zero-order chi connectivity index (χ0) is 13.4. The van der Waals surface area contributed by atoms with Crippen molar-refractivity contribution in [2.45, 2.75) is 32.2 Å². The molecule has 4 nitrogen and oxygen atoms in total. The molecule has 0 aliphatic heterocycles. The molecule has 1 aromatic carbocycles. The number of Topliss-reactive ketones (excluding diaryl/α,β-unsaturated/α-hetero) is 1. The molecule has 0 aliphatic carbocycles. The number of rotatable bonds is 8. The summed E-state index contributed by atoms with van der Waals surface area (Å²) in [5.41, 5.74) is 7.61. The van der Waals surface area contributed by atoms with Crippen molar-refractivity contribution >= 4 is 11.5 Å².